The zero-order valence-corrected chi connectivity index (χ0v) is 15.0. The van der Waals surface area contributed by atoms with E-state index in [1.807, 2.05) is 30.5 Å². The lowest BCUT2D eigenvalue weighted by atomic mass is 10.1. The van der Waals surface area contributed by atoms with Gasteiger partial charge in [-0.25, -0.2) is 4.98 Å². The van der Waals surface area contributed by atoms with Crippen molar-refractivity contribution in [3.8, 4) is 17.0 Å². The van der Waals surface area contributed by atoms with Crippen LogP contribution in [-0.4, -0.2) is 22.1 Å². The smallest absolute Gasteiger partial charge is 0.145 e. The molecule has 0 saturated carbocycles. The normalized spacial score (nSPS) is 11.8. The maximum absolute atomic E-state index is 5.74. The fourth-order valence-corrected chi connectivity index (χ4v) is 2.83. The molecule has 1 aromatic carbocycles. The molecule has 0 radical (unpaired) electrons. The van der Waals surface area contributed by atoms with Gasteiger partial charge in [0.15, 0.2) is 0 Å². The van der Waals surface area contributed by atoms with Gasteiger partial charge < -0.3 is 15.8 Å². The van der Waals surface area contributed by atoms with Gasteiger partial charge in [0.25, 0.3) is 0 Å². The number of benzene rings is 1. The molecule has 3 aromatic rings. The molecule has 3 N–H and O–H groups in total. The van der Waals surface area contributed by atoms with Crippen molar-refractivity contribution in [2.75, 3.05) is 12.4 Å². The molecule has 6 heteroatoms. The third-order valence-electron chi connectivity index (χ3n) is 4.25. The highest BCUT2D eigenvalue weighted by molar-refractivity contribution is 5.63. The molecule has 1 unspecified atom stereocenters. The third-order valence-corrected chi connectivity index (χ3v) is 4.25. The molecule has 2 heterocycles. The van der Waals surface area contributed by atoms with E-state index in [1.54, 1.807) is 25.7 Å². The zero-order valence-electron chi connectivity index (χ0n) is 15.0. The number of aromatic nitrogens is 3. The van der Waals surface area contributed by atoms with E-state index in [-0.39, 0.29) is 6.04 Å². The van der Waals surface area contributed by atoms with Crippen molar-refractivity contribution < 1.29 is 4.74 Å². The van der Waals surface area contributed by atoms with Crippen LogP contribution in [0.4, 0.5) is 5.82 Å². The van der Waals surface area contributed by atoms with Crippen molar-refractivity contribution in [2.24, 2.45) is 5.73 Å². The first kappa shape index (κ1) is 17.8. The summed E-state index contributed by atoms with van der Waals surface area (Å²) in [5.41, 5.74) is 9.53. The van der Waals surface area contributed by atoms with Gasteiger partial charge in [0, 0.05) is 30.1 Å². The van der Waals surface area contributed by atoms with Crippen molar-refractivity contribution in [1.29, 1.82) is 0 Å². The Kier molecular flexibility index (Phi) is 5.76. The molecule has 6 nitrogen and oxygen atoms in total. The first-order valence-electron chi connectivity index (χ1n) is 8.61. The number of hydrogen-bond donors (Lipinski definition) is 2. The van der Waals surface area contributed by atoms with E-state index in [4.69, 9.17) is 15.5 Å². The lowest BCUT2D eigenvalue weighted by Crippen LogP contribution is -2.11. The fraction of sp³-hybridized carbons (Fsp3) is 0.250. The number of pyridine rings is 1. The number of nitrogens with two attached hydrogens (primary N) is 1. The Morgan fingerprint density at radius 1 is 1.15 bits per heavy atom. The van der Waals surface area contributed by atoms with Gasteiger partial charge in [-0.2, -0.15) is 0 Å². The van der Waals surface area contributed by atoms with Gasteiger partial charge in [-0.05, 0) is 24.1 Å². The number of nitrogens with one attached hydrogen (secondary N) is 1. The van der Waals surface area contributed by atoms with Crippen molar-refractivity contribution in [3.05, 3.63) is 66.2 Å². The van der Waals surface area contributed by atoms with E-state index < -0.39 is 0 Å². The van der Waals surface area contributed by atoms with Crippen LogP contribution in [0.5, 0.6) is 5.75 Å². The predicted molar refractivity (Wildman–Crippen MR) is 103 cm³/mol. The molecule has 3 rings (SSSR count). The second-order valence-electron chi connectivity index (χ2n) is 5.91. The molecule has 0 bridgehead atoms. The van der Waals surface area contributed by atoms with Gasteiger partial charge in [-0.3, -0.25) is 9.97 Å². The Bertz CT molecular complexity index is 854. The van der Waals surface area contributed by atoms with Gasteiger partial charge in [-0.15, -0.1) is 0 Å². The fourth-order valence-electron chi connectivity index (χ4n) is 2.83. The highest BCUT2D eigenvalue weighted by Crippen LogP contribution is 2.27. The van der Waals surface area contributed by atoms with Crippen molar-refractivity contribution in [3.63, 3.8) is 0 Å². The number of anilines is 1. The topological polar surface area (TPSA) is 86.0 Å². The molecular formula is C20H23N5O. The van der Waals surface area contributed by atoms with Gasteiger partial charge in [-0.1, -0.05) is 25.1 Å². The molecule has 0 aliphatic heterocycles. The van der Waals surface area contributed by atoms with E-state index in [2.05, 4.69) is 28.3 Å². The van der Waals surface area contributed by atoms with Crippen LogP contribution in [-0.2, 0) is 6.54 Å². The van der Waals surface area contributed by atoms with Crippen LogP contribution in [0.15, 0.2) is 55.1 Å². The molecule has 0 aliphatic rings. The summed E-state index contributed by atoms with van der Waals surface area (Å²) in [7, 11) is 1.64. The van der Waals surface area contributed by atoms with Crippen LogP contribution >= 0.6 is 0 Å². The lowest BCUT2D eigenvalue weighted by Gasteiger charge is -2.18. The summed E-state index contributed by atoms with van der Waals surface area (Å²) < 4.78 is 5.42. The molecule has 1 atom stereocenters. The van der Waals surface area contributed by atoms with Crippen LogP contribution in [0.3, 0.4) is 0 Å². The Morgan fingerprint density at radius 3 is 2.73 bits per heavy atom. The van der Waals surface area contributed by atoms with E-state index in [0.717, 1.165) is 40.4 Å². The summed E-state index contributed by atoms with van der Waals surface area (Å²) in [4.78, 5) is 13.2. The van der Waals surface area contributed by atoms with E-state index in [9.17, 15) is 0 Å². The molecule has 26 heavy (non-hydrogen) atoms. The Hall–Kier alpha value is -2.99. The van der Waals surface area contributed by atoms with Crippen LogP contribution in [0.2, 0.25) is 0 Å². The first-order chi connectivity index (χ1) is 12.7. The van der Waals surface area contributed by atoms with Crippen molar-refractivity contribution >= 4 is 5.82 Å². The molecule has 0 amide bonds. The largest absolute Gasteiger partial charge is 0.496 e. The van der Waals surface area contributed by atoms with E-state index >= 15 is 0 Å². The molecule has 0 spiro atoms. The minimum atomic E-state index is 0.127. The number of nitrogens with zero attached hydrogens (tertiary/aromatic N) is 3. The monoisotopic (exact) mass is 349 g/mol. The SMILES string of the molecule is CCC(Nc1cncc(-c2ccc(CN)c(OC)c2)n1)c1cccnc1. The second-order valence-corrected chi connectivity index (χ2v) is 5.91. The second kappa shape index (κ2) is 8.40. The minimum Gasteiger partial charge on any atom is -0.496 e. The summed E-state index contributed by atoms with van der Waals surface area (Å²) >= 11 is 0. The summed E-state index contributed by atoms with van der Waals surface area (Å²) in [5.74, 6) is 1.48. The maximum Gasteiger partial charge on any atom is 0.145 e. The van der Waals surface area contributed by atoms with Crippen molar-refractivity contribution in [1.82, 2.24) is 15.0 Å². The van der Waals surface area contributed by atoms with Gasteiger partial charge in [0.2, 0.25) is 0 Å². The lowest BCUT2D eigenvalue weighted by molar-refractivity contribution is 0.410. The summed E-state index contributed by atoms with van der Waals surface area (Å²) in [6, 6.07) is 10.0. The number of hydrogen-bond acceptors (Lipinski definition) is 6. The van der Waals surface area contributed by atoms with Crippen molar-refractivity contribution in [2.45, 2.75) is 25.9 Å². The van der Waals surface area contributed by atoms with E-state index in [1.165, 1.54) is 0 Å². The number of ether oxygens (including phenoxy) is 1. The Labute approximate surface area is 153 Å². The Balaban J connectivity index is 1.86. The Morgan fingerprint density at radius 2 is 2.04 bits per heavy atom. The summed E-state index contributed by atoms with van der Waals surface area (Å²) in [6.45, 7) is 2.55. The van der Waals surface area contributed by atoms with Gasteiger partial charge in [0.1, 0.15) is 11.6 Å². The molecule has 2 aromatic heterocycles. The quantitative estimate of drug-likeness (QED) is 0.678. The molecule has 0 saturated heterocycles. The van der Waals surface area contributed by atoms with Crippen LogP contribution < -0.4 is 15.8 Å². The first-order valence-corrected chi connectivity index (χ1v) is 8.61. The highest BCUT2D eigenvalue weighted by Gasteiger charge is 2.12. The molecule has 134 valence electrons. The standard InChI is InChI=1S/C20H23N5O/c1-3-17(16-5-4-8-22-11-16)24-20-13-23-12-18(25-20)14-6-7-15(10-21)19(9-14)26-2/h4-9,11-13,17H,3,10,21H2,1-2H3,(H,24,25). The maximum atomic E-state index is 5.74. The van der Waals surface area contributed by atoms with Crippen LogP contribution in [0, 0.1) is 0 Å². The molecule has 0 aliphatic carbocycles. The highest BCUT2D eigenvalue weighted by atomic mass is 16.5. The minimum absolute atomic E-state index is 0.127. The number of rotatable bonds is 7. The average Bonchev–Trinajstić information content (AvgIpc) is 2.72. The van der Waals surface area contributed by atoms with Gasteiger partial charge >= 0.3 is 0 Å². The van der Waals surface area contributed by atoms with Crippen LogP contribution in [0.25, 0.3) is 11.3 Å². The molecule has 0 fully saturated rings. The van der Waals surface area contributed by atoms with Gasteiger partial charge in [0.05, 0.1) is 31.2 Å². The van der Waals surface area contributed by atoms with Crippen LogP contribution in [0.1, 0.15) is 30.5 Å². The zero-order chi connectivity index (χ0) is 18.4. The summed E-state index contributed by atoms with van der Waals surface area (Å²) in [6.07, 6.45) is 8.03. The average molecular weight is 349 g/mol. The summed E-state index contributed by atoms with van der Waals surface area (Å²) in [5, 5.41) is 3.44. The predicted octanol–water partition coefficient (Wildman–Crippen LogP) is 3.57. The number of methoxy groups -OCH3 is 1. The third kappa shape index (κ3) is 3.97. The van der Waals surface area contributed by atoms with E-state index in [0.29, 0.717) is 6.54 Å². The molecular weight excluding hydrogens is 326 g/mol.